The molecule has 2 heterocycles. The van der Waals surface area contributed by atoms with Gasteiger partial charge in [-0.2, -0.15) is 4.98 Å². The number of anilines is 2. The summed E-state index contributed by atoms with van der Waals surface area (Å²) in [4.78, 5) is 12.7. The van der Waals surface area contributed by atoms with Crippen LogP contribution in [0, 0.1) is 0 Å². The maximum atomic E-state index is 9.82. The molecular formula is C11H18BrN5O. The number of hydrogen-bond donors (Lipinski definition) is 2. The largest absolute Gasteiger partial charge is 0.391 e. The molecule has 2 atom stereocenters. The normalized spacial score (nSPS) is 23.9. The fourth-order valence-corrected chi connectivity index (χ4v) is 2.68. The van der Waals surface area contributed by atoms with Gasteiger partial charge in [0.25, 0.3) is 0 Å². The molecule has 2 rings (SSSR count). The number of aliphatic hydroxyl groups is 1. The van der Waals surface area contributed by atoms with E-state index < -0.39 is 0 Å². The molecule has 0 bridgehead atoms. The predicted molar refractivity (Wildman–Crippen MR) is 74.5 cm³/mol. The van der Waals surface area contributed by atoms with Crippen LogP contribution in [-0.4, -0.2) is 59.3 Å². The zero-order chi connectivity index (χ0) is 13.3. The first-order chi connectivity index (χ1) is 8.45. The molecule has 0 aliphatic carbocycles. The van der Waals surface area contributed by atoms with E-state index in [9.17, 15) is 5.11 Å². The Kier molecular flexibility index (Phi) is 4.04. The number of nitrogens with two attached hydrogens (primary N) is 1. The Morgan fingerprint density at radius 3 is 2.89 bits per heavy atom. The fourth-order valence-electron chi connectivity index (χ4n) is 2.28. The van der Waals surface area contributed by atoms with E-state index in [2.05, 4.69) is 30.8 Å². The topological polar surface area (TPSA) is 78.5 Å². The third-order valence-corrected chi connectivity index (χ3v) is 3.33. The summed E-state index contributed by atoms with van der Waals surface area (Å²) in [5, 5.41) is 9.82. The molecule has 0 saturated carbocycles. The molecule has 2 unspecified atom stereocenters. The molecule has 1 saturated heterocycles. The SMILES string of the molecule is CN(C)CC1CC(O)CN1c1nc(N)cc(Br)n1. The average Bonchev–Trinajstić information content (AvgIpc) is 2.56. The molecule has 1 aliphatic rings. The summed E-state index contributed by atoms with van der Waals surface area (Å²) < 4.78 is 0.662. The molecule has 18 heavy (non-hydrogen) atoms. The van der Waals surface area contributed by atoms with Gasteiger partial charge in [-0.3, -0.25) is 0 Å². The highest BCUT2D eigenvalue weighted by atomic mass is 79.9. The van der Waals surface area contributed by atoms with Gasteiger partial charge in [-0.25, -0.2) is 4.98 Å². The Morgan fingerprint density at radius 1 is 1.56 bits per heavy atom. The van der Waals surface area contributed by atoms with Gasteiger partial charge in [-0.05, 0) is 36.4 Å². The Hall–Kier alpha value is -0.920. The zero-order valence-electron chi connectivity index (χ0n) is 10.5. The molecule has 3 N–H and O–H groups in total. The van der Waals surface area contributed by atoms with E-state index in [1.54, 1.807) is 6.07 Å². The first-order valence-corrected chi connectivity index (χ1v) is 6.64. The third-order valence-electron chi connectivity index (χ3n) is 2.93. The molecule has 1 aromatic rings. The molecule has 0 spiro atoms. The number of hydrogen-bond acceptors (Lipinski definition) is 6. The Bertz CT molecular complexity index is 408. The van der Waals surface area contributed by atoms with E-state index >= 15 is 0 Å². The number of likely N-dealkylation sites (N-methyl/N-ethyl adjacent to an activating group) is 1. The molecular weight excluding hydrogens is 298 g/mol. The molecule has 7 heteroatoms. The number of aromatic nitrogens is 2. The van der Waals surface area contributed by atoms with Crippen molar-refractivity contribution in [1.82, 2.24) is 14.9 Å². The first kappa shape index (κ1) is 13.5. The summed E-state index contributed by atoms with van der Waals surface area (Å²) in [5.41, 5.74) is 5.73. The summed E-state index contributed by atoms with van der Waals surface area (Å²) in [6.07, 6.45) is 0.396. The van der Waals surface area contributed by atoms with Crippen LogP contribution >= 0.6 is 15.9 Å². The first-order valence-electron chi connectivity index (χ1n) is 5.85. The van der Waals surface area contributed by atoms with E-state index in [0.717, 1.165) is 13.0 Å². The van der Waals surface area contributed by atoms with Gasteiger partial charge >= 0.3 is 0 Å². The van der Waals surface area contributed by atoms with Crippen LogP contribution in [-0.2, 0) is 0 Å². The van der Waals surface area contributed by atoms with Crippen molar-refractivity contribution in [3.05, 3.63) is 10.7 Å². The van der Waals surface area contributed by atoms with Gasteiger partial charge in [-0.15, -0.1) is 0 Å². The highest BCUT2D eigenvalue weighted by Crippen LogP contribution is 2.25. The van der Waals surface area contributed by atoms with Crippen LogP contribution in [0.2, 0.25) is 0 Å². The lowest BCUT2D eigenvalue weighted by molar-refractivity contribution is 0.191. The van der Waals surface area contributed by atoms with Crippen molar-refractivity contribution in [2.45, 2.75) is 18.6 Å². The lowest BCUT2D eigenvalue weighted by Crippen LogP contribution is -2.38. The van der Waals surface area contributed by atoms with E-state index in [0.29, 0.717) is 22.9 Å². The lowest BCUT2D eigenvalue weighted by atomic mass is 10.2. The number of halogens is 1. The van der Waals surface area contributed by atoms with E-state index in [1.807, 2.05) is 19.0 Å². The van der Waals surface area contributed by atoms with Crippen LogP contribution in [0.15, 0.2) is 10.7 Å². The van der Waals surface area contributed by atoms with Gasteiger partial charge in [0, 0.05) is 25.2 Å². The van der Waals surface area contributed by atoms with Gasteiger partial charge in [0.1, 0.15) is 10.4 Å². The van der Waals surface area contributed by atoms with Gasteiger partial charge in [0.15, 0.2) is 0 Å². The van der Waals surface area contributed by atoms with Crippen molar-refractivity contribution in [1.29, 1.82) is 0 Å². The molecule has 1 aromatic heterocycles. The van der Waals surface area contributed by atoms with Crippen molar-refractivity contribution in [3.8, 4) is 0 Å². The van der Waals surface area contributed by atoms with Crippen molar-refractivity contribution in [2.75, 3.05) is 37.8 Å². The van der Waals surface area contributed by atoms with Crippen LogP contribution in [0.4, 0.5) is 11.8 Å². The number of β-amino-alcohol motifs (C(OH)–C–C–N with tert-alkyl or cyclic N) is 1. The van der Waals surface area contributed by atoms with Crippen molar-refractivity contribution < 1.29 is 5.11 Å². The third kappa shape index (κ3) is 3.09. The van der Waals surface area contributed by atoms with Crippen molar-refractivity contribution >= 4 is 27.7 Å². The van der Waals surface area contributed by atoms with Crippen LogP contribution in [0.3, 0.4) is 0 Å². The molecule has 100 valence electrons. The van der Waals surface area contributed by atoms with Crippen molar-refractivity contribution in [2.24, 2.45) is 0 Å². The van der Waals surface area contributed by atoms with Crippen LogP contribution in [0.25, 0.3) is 0 Å². The van der Waals surface area contributed by atoms with Crippen molar-refractivity contribution in [3.63, 3.8) is 0 Å². The summed E-state index contributed by atoms with van der Waals surface area (Å²) >= 11 is 3.32. The maximum Gasteiger partial charge on any atom is 0.228 e. The summed E-state index contributed by atoms with van der Waals surface area (Å²) in [7, 11) is 4.03. The van der Waals surface area contributed by atoms with E-state index in [-0.39, 0.29) is 12.1 Å². The summed E-state index contributed by atoms with van der Waals surface area (Å²) in [6.45, 7) is 1.40. The highest BCUT2D eigenvalue weighted by Gasteiger charge is 2.33. The fraction of sp³-hybridized carbons (Fsp3) is 0.636. The van der Waals surface area contributed by atoms with Crippen LogP contribution in [0.5, 0.6) is 0 Å². The predicted octanol–water partition coefficient (Wildman–Crippen LogP) is 0.323. The summed E-state index contributed by atoms with van der Waals surface area (Å²) in [6, 6.07) is 1.88. The quantitative estimate of drug-likeness (QED) is 0.782. The highest BCUT2D eigenvalue weighted by molar-refractivity contribution is 9.10. The minimum atomic E-state index is -0.334. The number of rotatable bonds is 3. The molecule has 1 fully saturated rings. The Balaban J connectivity index is 2.23. The molecule has 0 aromatic carbocycles. The van der Waals surface area contributed by atoms with Gasteiger partial charge in [0.2, 0.25) is 5.95 Å². The lowest BCUT2D eigenvalue weighted by Gasteiger charge is -2.26. The minimum absolute atomic E-state index is 0.212. The summed E-state index contributed by atoms with van der Waals surface area (Å²) in [5.74, 6) is 1.00. The molecule has 6 nitrogen and oxygen atoms in total. The monoisotopic (exact) mass is 315 g/mol. The maximum absolute atomic E-state index is 9.82. The van der Waals surface area contributed by atoms with E-state index in [1.165, 1.54) is 0 Å². The molecule has 1 aliphatic heterocycles. The molecule has 0 amide bonds. The number of nitrogens with zero attached hydrogens (tertiary/aromatic N) is 4. The second kappa shape index (κ2) is 5.38. The van der Waals surface area contributed by atoms with Gasteiger partial charge < -0.3 is 20.6 Å². The average molecular weight is 316 g/mol. The van der Waals surface area contributed by atoms with Crippen LogP contribution in [0.1, 0.15) is 6.42 Å². The number of nitrogen functional groups attached to an aromatic ring is 1. The Labute approximate surface area is 115 Å². The minimum Gasteiger partial charge on any atom is -0.391 e. The Morgan fingerprint density at radius 2 is 2.28 bits per heavy atom. The second-order valence-corrected chi connectivity index (χ2v) is 5.69. The second-order valence-electron chi connectivity index (χ2n) is 4.87. The van der Waals surface area contributed by atoms with Crippen LogP contribution < -0.4 is 10.6 Å². The molecule has 0 radical (unpaired) electrons. The zero-order valence-corrected chi connectivity index (χ0v) is 12.1. The number of aliphatic hydroxyl groups excluding tert-OH is 1. The van der Waals surface area contributed by atoms with Gasteiger partial charge in [-0.1, -0.05) is 0 Å². The van der Waals surface area contributed by atoms with E-state index in [4.69, 9.17) is 5.73 Å². The standard InChI is InChI=1S/C11H18BrN5O/c1-16(2)5-7-3-8(18)6-17(7)11-14-9(12)4-10(13)15-11/h4,7-8,18H,3,5-6H2,1-2H3,(H2,13,14,15). The smallest absolute Gasteiger partial charge is 0.228 e. The van der Waals surface area contributed by atoms with Gasteiger partial charge in [0.05, 0.1) is 6.10 Å².